The molecule has 26 heavy (non-hydrogen) atoms. The minimum atomic E-state index is -0.302. The van der Waals surface area contributed by atoms with E-state index in [1.165, 1.54) is 5.56 Å². The maximum atomic E-state index is 11.5. The highest BCUT2D eigenvalue weighted by atomic mass is 16.6. The van der Waals surface area contributed by atoms with Crippen LogP contribution in [-0.4, -0.2) is 11.5 Å². The zero-order valence-corrected chi connectivity index (χ0v) is 14.3. The molecule has 0 bridgehead atoms. The van der Waals surface area contributed by atoms with Gasteiger partial charge in [-0.15, -0.1) is 0 Å². The summed E-state index contributed by atoms with van der Waals surface area (Å²) in [5.41, 5.74) is 2.98. The van der Waals surface area contributed by atoms with E-state index in [1.807, 2.05) is 24.3 Å². The molecule has 1 N–H and O–H groups in total. The molecule has 132 valence electrons. The van der Waals surface area contributed by atoms with E-state index in [1.54, 1.807) is 18.2 Å². The maximum absolute atomic E-state index is 11.5. The largest absolute Gasteiger partial charge is 0.487 e. The molecule has 5 heteroatoms. The number of nitro benzene ring substituents is 1. The number of hydrogen-bond donors (Lipinski definition) is 1. The summed E-state index contributed by atoms with van der Waals surface area (Å²) in [4.78, 5) is 11.2. The van der Waals surface area contributed by atoms with Crippen LogP contribution in [0.25, 0.3) is 0 Å². The van der Waals surface area contributed by atoms with Gasteiger partial charge in [0, 0.05) is 12.0 Å². The number of para-hydroxylation sites is 2. The summed E-state index contributed by atoms with van der Waals surface area (Å²) in [6.07, 6.45) is 6.99. The van der Waals surface area contributed by atoms with E-state index in [0.717, 1.165) is 23.4 Å². The van der Waals surface area contributed by atoms with Gasteiger partial charge in [0.1, 0.15) is 12.4 Å². The molecule has 2 aliphatic rings. The number of nitro groups is 1. The first kappa shape index (κ1) is 16.4. The van der Waals surface area contributed by atoms with Gasteiger partial charge >= 0.3 is 0 Å². The van der Waals surface area contributed by atoms with Crippen LogP contribution in [0.3, 0.4) is 0 Å². The molecule has 2 aromatic carbocycles. The summed E-state index contributed by atoms with van der Waals surface area (Å²) < 4.78 is 5.83. The summed E-state index contributed by atoms with van der Waals surface area (Å²) in [6, 6.07) is 12.9. The van der Waals surface area contributed by atoms with Crippen LogP contribution >= 0.6 is 0 Å². The lowest BCUT2D eigenvalue weighted by atomic mass is 9.76. The van der Waals surface area contributed by atoms with E-state index in [9.17, 15) is 10.1 Å². The Morgan fingerprint density at radius 3 is 2.85 bits per heavy atom. The van der Waals surface area contributed by atoms with Gasteiger partial charge in [0.15, 0.2) is 0 Å². The molecule has 2 aromatic rings. The number of anilines is 1. The number of allylic oxidation sites excluding steroid dienone is 2. The van der Waals surface area contributed by atoms with Crippen LogP contribution in [0.15, 0.2) is 67.3 Å². The van der Waals surface area contributed by atoms with Crippen LogP contribution in [0.5, 0.6) is 5.75 Å². The van der Waals surface area contributed by atoms with Gasteiger partial charge in [-0.1, -0.05) is 55.1 Å². The summed E-state index contributed by atoms with van der Waals surface area (Å²) in [6.45, 7) is 4.12. The van der Waals surface area contributed by atoms with E-state index >= 15 is 0 Å². The average molecular weight is 348 g/mol. The molecule has 0 saturated carbocycles. The van der Waals surface area contributed by atoms with Crippen LogP contribution in [-0.2, 0) is 0 Å². The Balaban J connectivity index is 1.81. The zero-order valence-electron chi connectivity index (χ0n) is 14.3. The van der Waals surface area contributed by atoms with Crippen molar-refractivity contribution in [3.05, 3.63) is 88.5 Å². The summed E-state index contributed by atoms with van der Waals surface area (Å²) >= 11 is 0. The quantitative estimate of drug-likeness (QED) is 0.470. The fourth-order valence-corrected chi connectivity index (χ4v) is 4.09. The third-order valence-electron chi connectivity index (χ3n) is 5.18. The number of fused-ring (bicyclic) bond motifs is 3. The minimum Gasteiger partial charge on any atom is -0.487 e. The van der Waals surface area contributed by atoms with Crippen molar-refractivity contribution in [1.82, 2.24) is 0 Å². The molecule has 0 amide bonds. The van der Waals surface area contributed by atoms with Crippen molar-refractivity contribution in [3.8, 4) is 5.75 Å². The van der Waals surface area contributed by atoms with Gasteiger partial charge in [-0.05, 0) is 24.0 Å². The summed E-state index contributed by atoms with van der Waals surface area (Å²) in [7, 11) is 0. The van der Waals surface area contributed by atoms with Crippen molar-refractivity contribution < 1.29 is 9.66 Å². The first-order chi connectivity index (χ1) is 12.7. The molecule has 0 aromatic heterocycles. The molecule has 3 atom stereocenters. The van der Waals surface area contributed by atoms with Crippen LogP contribution in [0, 0.1) is 16.0 Å². The Morgan fingerprint density at radius 1 is 1.23 bits per heavy atom. The molecule has 5 nitrogen and oxygen atoms in total. The third-order valence-corrected chi connectivity index (χ3v) is 5.18. The monoisotopic (exact) mass is 348 g/mol. The van der Waals surface area contributed by atoms with E-state index in [4.69, 9.17) is 4.74 Å². The van der Waals surface area contributed by atoms with Gasteiger partial charge in [-0.3, -0.25) is 10.1 Å². The third kappa shape index (κ3) is 2.65. The van der Waals surface area contributed by atoms with Gasteiger partial charge in [0.2, 0.25) is 0 Å². The Kier molecular flexibility index (Phi) is 4.21. The smallest absolute Gasteiger partial charge is 0.274 e. The van der Waals surface area contributed by atoms with Crippen LogP contribution < -0.4 is 10.1 Å². The highest BCUT2D eigenvalue weighted by Crippen LogP contribution is 2.53. The lowest BCUT2D eigenvalue weighted by molar-refractivity contribution is -0.385. The number of rotatable bonds is 5. The fourth-order valence-electron chi connectivity index (χ4n) is 4.09. The molecule has 0 spiro atoms. The lowest BCUT2D eigenvalue weighted by Crippen LogP contribution is -2.30. The standard InChI is InChI=1S/C21H20N2O3/c1-2-13-26-19-12-6-10-16-14-8-5-9-15(14)20(22-21(16)19)17-7-3-4-11-18(17)23(24)25/h2-8,10-12,14-15,20,22H,1,9,13H2. The van der Waals surface area contributed by atoms with Crippen molar-refractivity contribution >= 4 is 11.4 Å². The molecule has 0 saturated heterocycles. The average Bonchev–Trinajstić information content (AvgIpc) is 3.15. The molecule has 1 aliphatic carbocycles. The second-order valence-corrected chi connectivity index (χ2v) is 6.61. The Labute approximate surface area is 152 Å². The Morgan fingerprint density at radius 2 is 2.04 bits per heavy atom. The highest BCUT2D eigenvalue weighted by molar-refractivity contribution is 5.68. The number of nitrogens with zero attached hydrogens (tertiary/aromatic N) is 1. The Hall–Kier alpha value is -3.08. The molecule has 0 radical (unpaired) electrons. The molecular formula is C21H20N2O3. The predicted octanol–water partition coefficient (Wildman–Crippen LogP) is 4.99. The lowest BCUT2D eigenvalue weighted by Gasteiger charge is -2.37. The van der Waals surface area contributed by atoms with Gasteiger partial charge in [-0.25, -0.2) is 0 Å². The molecule has 4 rings (SSSR count). The maximum Gasteiger partial charge on any atom is 0.274 e. The van der Waals surface area contributed by atoms with E-state index < -0.39 is 0 Å². The second-order valence-electron chi connectivity index (χ2n) is 6.61. The summed E-state index contributed by atoms with van der Waals surface area (Å²) in [5.74, 6) is 1.23. The highest BCUT2D eigenvalue weighted by Gasteiger charge is 2.41. The van der Waals surface area contributed by atoms with Gasteiger partial charge in [-0.2, -0.15) is 0 Å². The second kappa shape index (κ2) is 6.67. The number of nitrogens with one attached hydrogen (secondary N) is 1. The van der Waals surface area contributed by atoms with Crippen molar-refractivity contribution in [2.24, 2.45) is 5.92 Å². The van der Waals surface area contributed by atoms with E-state index in [0.29, 0.717) is 6.61 Å². The Bertz CT molecular complexity index is 891. The van der Waals surface area contributed by atoms with Crippen LogP contribution in [0.4, 0.5) is 11.4 Å². The van der Waals surface area contributed by atoms with Gasteiger partial charge < -0.3 is 10.1 Å². The van der Waals surface area contributed by atoms with E-state index in [-0.39, 0.29) is 28.5 Å². The normalized spacial score (nSPS) is 22.8. The minimum absolute atomic E-state index is 0.141. The number of ether oxygens (including phenoxy) is 1. The predicted molar refractivity (Wildman–Crippen MR) is 102 cm³/mol. The number of benzene rings is 2. The topological polar surface area (TPSA) is 64.4 Å². The molecule has 0 fully saturated rings. The molecular weight excluding hydrogens is 328 g/mol. The molecule has 1 aliphatic heterocycles. The first-order valence-electron chi connectivity index (χ1n) is 8.74. The number of hydrogen-bond acceptors (Lipinski definition) is 4. The zero-order chi connectivity index (χ0) is 18.1. The molecule has 3 unspecified atom stereocenters. The SMILES string of the molecule is C=CCOc1cccc2c1NC(c1ccccc1[N+](=O)[O-])C1CC=CC21. The summed E-state index contributed by atoms with van der Waals surface area (Å²) in [5, 5.41) is 15.1. The van der Waals surface area contributed by atoms with Crippen molar-refractivity contribution in [2.45, 2.75) is 18.4 Å². The van der Waals surface area contributed by atoms with Crippen LogP contribution in [0.1, 0.15) is 29.5 Å². The molecule has 1 heterocycles. The van der Waals surface area contributed by atoms with Crippen molar-refractivity contribution in [2.75, 3.05) is 11.9 Å². The first-order valence-corrected chi connectivity index (χ1v) is 8.74. The van der Waals surface area contributed by atoms with Crippen LogP contribution in [0.2, 0.25) is 0 Å². The van der Waals surface area contributed by atoms with Gasteiger partial charge in [0.05, 0.1) is 22.2 Å². The van der Waals surface area contributed by atoms with Crippen molar-refractivity contribution in [3.63, 3.8) is 0 Å². The van der Waals surface area contributed by atoms with Crippen molar-refractivity contribution in [1.29, 1.82) is 0 Å². The van der Waals surface area contributed by atoms with E-state index in [2.05, 4.69) is 30.1 Å². The fraction of sp³-hybridized carbons (Fsp3) is 0.238. The van der Waals surface area contributed by atoms with Gasteiger partial charge in [0.25, 0.3) is 5.69 Å².